The Morgan fingerprint density at radius 2 is 1.83 bits per heavy atom. The first-order chi connectivity index (χ1) is 19.6. The second-order valence-electron chi connectivity index (χ2n) is 11.8. The minimum Gasteiger partial charge on any atom is -0.447 e. The molecule has 0 saturated heterocycles. The maximum absolute atomic E-state index is 13.6. The van der Waals surface area contributed by atoms with Crippen molar-refractivity contribution in [1.82, 2.24) is 24.8 Å². The van der Waals surface area contributed by atoms with E-state index in [9.17, 15) is 22.0 Å². The number of nitrogens with one attached hydrogen (secondary N) is 3. The van der Waals surface area contributed by atoms with Gasteiger partial charge in [0.2, 0.25) is 10.0 Å². The van der Waals surface area contributed by atoms with Crippen LogP contribution in [0.1, 0.15) is 83.5 Å². The molecule has 0 unspecified atom stereocenters. The van der Waals surface area contributed by atoms with Crippen molar-refractivity contribution in [3.05, 3.63) is 41.3 Å². The third-order valence-electron chi connectivity index (χ3n) is 6.60. The second-order valence-corrected chi connectivity index (χ2v) is 14.5. The van der Waals surface area contributed by atoms with Crippen molar-refractivity contribution in [2.24, 2.45) is 0 Å². The van der Waals surface area contributed by atoms with E-state index in [0.29, 0.717) is 21.6 Å². The summed E-state index contributed by atoms with van der Waals surface area (Å²) in [7, 11) is -3.98. The molecule has 3 aromatic rings. The Hall–Kier alpha value is -3.10. The van der Waals surface area contributed by atoms with Crippen LogP contribution in [-0.2, 0) is 14.8 Å². The van der Waals surface area contributed by atoms with E-state index in [2.05, 4.69) is 20.5 Å². The van der Waals surface area contributed by atoms with E-state index in [1.165, 1.54) is 23.6 Å². The van der Waals surface area contributed by atoms with Gasteiger partial charge in [-0.15, -0.1) is 11.3 Å². The fraction of sp³-hybridized carbons (Fsp3) is 0.536. The summed E-state index contributed by atoms with van der Waals surface area (Å²) >= 11 is 1.47. The van der Waals surface area contributed by atoms with Crippen LogP contribution in [0.25, 0.3) is 10.4 Å². The first-order valence-electron chi connectivity index (χ1n) is 13.8. The van der Waals surface area contributed by atoms with Crippen molar-refractivity contribution in [2.45, 2.75) is 102 Å². The quantitative estimate of drug-likeness (QED) is 0.242. The summed E-state index contributed by atoms with van der Waals surface area (Å²) in [6.45, 7) is 7.97. The van der Waals surface area contributed by atoms with Crippen LogP contribution in [-0.4, -0.2) is 47.0 Å². The number of sulfonamides is 1. The van der Waals surface area contributed by atoms with Gasteiger partial charge in [-0.25, -0.2) is 27.6 Å². The van der Waals surface area contributed by atoms with E-state index >= 15 is 0 Å². The summed E-state index contributed by atoms with van der Waals surface area (Å²) in [4.78, 5) is 17.6. The second kappa shape index (κ2) is 12.6. The van der Waals surface area contributed by atoms with Gasteiger partial charge in [-0.1, -0.05) is 6.07 Å². The smallest absolute Gasteiger partial charge is 0.407 e. The molecule has 3 N–H and O–H groups in total. The molecule has 1 fully saturated rings. The molecule has 1 aliphatic carbocycles. The number of aromatic nitrogens is 3. The molecule has 14 heteroatoms. The van der Waals surface area contributed by atoms with Crippen molar-refractivity contribution in [1.29, 1.82) is 0 Å². The van der Waals surface area contributed by atoms with Gasteiger partial charge in [0.15, 0.2) is 0 Å². The number of aryl methyl sites for hydroxylation is 1. The van der Waals surface area contributed by atoms with Crippen LogP contribution in [0.4, 0.5) is 25.0 Å². The third-order valence-corrected chi connectivity index (χ3v) is 9.75. The summed E-state index contributed by atoms with van der Waals surface area (Å²) in [6.07, 6.45) is 5.08. The zero-order valence-electron chi connectivity index (χ0n) is 24.6. The Kier molecular flexibility index (Phi) is 9.58. The normalized spacial score (nSPS) is 18.0. The number of anilines is 2. The van der Waals surface area contributed by atoms with Crippen LogP contribution in [0.5, 0.6) is 0 Å². The highest BCUT2D eigenvalue weighted by Gasteiger charge is 2.30. The Morgan fingerprint density at radius 3 is 2.43 bits per heavy atom. The van der Waals surface area contributed by atoms with Crippen molar-refractivity contribution >= 4 is 38.8 Å². The van der Waals surface area contributed by atoms with Gasteiger partial charge in [-0.3, -0.25) is 0 Å². The molecule has 2 heterocycles. The molecule has 1 aliphatic rings. The minimum atomic E-state index is -3.98. The van der Waals surface area contributed by atoms with Crippen LogP contribution in [0.2, 0.25) is 0 Å². The van der Waals surface area contributed by atoms with E-state index < -0.39 is 28.2 Å². The van der Waals surface area contributed by atoms with Gasteiger partial charge in [0.25, 0.3) is 0 Å². The van der Waals surface area contributed by atoms with Crippen molar-refractivity contribution < 1.29 is 26.7 Å². The van der Waals surface area contributed by atoms with Gasteiger partial charge in [0, 0.05) is 28.7 Å². The van der Waals surface area contributed by atoms with Crippen LogP contribution in [0.3, 0.4) is 0 Å². The molecule has 0 atom stereocenters. The molecular formula is C28H38F2N6O4S2. The number of alkyl carbamates (subject to hydrolysis) is 1. The lowest BCUT2D eigenvalue weighted by molar-refractivity contribution is 0.0566. The predicted octanol–water partition coefficient (Wildman–Crippen LogP) is 6.69. The Balaban J connectivity index is 1.60. The number of benzene rings is 1. The van der Waals surface area contributed by atoms with Crippen LogP contribution in [0, 0.1) is 6.92 Å². The lowest BCUT2D eigenvalue weighted by Crippen LogP contribution is -2.40. The predicted molar refractivity (Wildman–Crippen MR) is 159 cm³/mol. The first kappa shape index (κ1) is 31.8. The lowest BCUT2D eigenvalue weighted by atomic mass is 9.86. The summed E-state index contributed by atoms with van der Waals surface area (Å²) in [5, 5.41) is 10.5. The molecule has 4 rings (SSSR count). The summed E-state index contributed by atoms with van der Waals surface area (Å²) < 4.78 is 61.7. The third kappa shape index (κ3) is 8.04. The molecule has 0 spiro atoms. The molecule has 230 valence electrons. The van der Waals surface area contributed by atoms with Gasteiger partial charge in [0.1, 0.15) is 0 Å². The molecule has 1 aromatic carbocycles. The maximum atomic E-state index is 13.6. The monoisotopic (exact) mass is 624 g/mol. The number of amides is 1. The van der Waals surface area contributed by atoms with Crippen molar-refractivity contribution in [3.63, 3.8) is 0 Å². The number of alkyl halides is 2. The summed E-state index contributed by atoms with van der Waals surface area (Å²) in [5.41, 5.74) is 1.20. The van der Waals surface area contributed by atoms with E-state index in [1.807, 2.05) is 20.8 Å². The van der Waals surface area contributed by atoms with Gasteiger partial charge in [-0.2, -0.15) is 13.9 Å². The molecule has 10 nitrogen and oxygen atoms in total. The van der Waals surface area contributed by atoms with Crippen LogP contribution >= 0.6 is 11.3 Å². The van der Waals surface area contributed by atoms with E-state index in [4.69, 9.17) is 9.72 Å². The van der Waals surface area contributed by atoms with Crippen molar-refractivity contribution in [2.75, 3.05) is 5.32 Å². The minimum absolute atomic E-state index is 0.0427. The van der Waals surface area contributed by atoms with Crippen molar-refractivity contribution in [3.8, 4) is 10.4 Å². The molecule has 0 radical (unpaired) electrons. The average Bonchev–Trinajstić information content (AvgIpc) is 3.49. The zero-order chi connectivity index (χ0) is 30.8. The number of rotatable bonds is 9. The highest BCUT2D eigenvalue weighted by molar-refractivity contribution is 7.89. The molecular weight excluding hydrogens is 586 g/mol. The number of ether oxygens (including phenoxy) is 1. The molecule has 0 bridgehead atoms. The molecule has 0 aliphatic heterocycles. The fourth-order valence-electron chi connectivity index (χ4n) is 4.89. The zero-order valence-corrected chi connectivity index (χ0v) is 26.2. The number of hydrogen-bond donors (Lipinski definition) is 3. The maximum Gasteiger partial charge on any atom is 0.407 e. The SMILES string of the molecule is Cc1nc(C2CCC(NC(=O)OC(C)C)CC2)sc1-c1ccc(Nc2cnn(C(F)F)c2)cc1S(=O)(=O)NC(C)(C)C. The standard InChI is InChI=1S/C28H38F2N6O4S2/c1-16(2)40-27(37)34-19-9-7-18(8-10-19)25-32-17(3)24(41-25)22-12-11-20(33-21-14-31-36(15-21)26(29)30)13-23(22)42(38,39)35-28(4,5)6/h11-16,18-19,26,33,35H,7-10H2,1-6H3,(H,34,37). The van der Waals surface area contributed by atoms with Crippen LogP contribution < -0.4 is 15.4 Å². The largest absolute Gasteiger partial charge is 0.447 e. The van der Waals surface area contributed by atoms with Gasteiger partial charge in [-0.05, 0) is 79.4 Å². The van der Waals surface area contributed by atoms with E-state index in [0.717, 1.165) is 47.5 Å². The number of carbonyl (C=O) groups excluding carboxylic acids is 1. The van der Waals surface area contributed by atoms with Gasteiger partial charge in [0.05, 0.1) is 44.7 Å². The first-order valence-corrected chi connectivity index (χ1v) is 16.1. The van der Waals surface area contributed by atoms with Gasteiger partial charge >= 0.3 is 12.6 Å². The number of thiazole rings is 1. The lowest BCUT2D eigenvalue weighted by Gasteiger charge is -2.28. The molecule has 1 amide bonds. The number of carbonyl (C=O) groups is 1. The van der Waals surface area contributed by atoms with Gasteiger partial charge < -0.3 is 15.4 Å². The topological polar surface area (TPSA) is 127 Å². The fourth-order valence-corrected chi connectivity index (χ4v) is 7.88. The molecule has 2 aromatic heterocycles. The Bertz CT molecular complexity index is 1510. The Morgan fingerprint density at radius 1 is 1.14 bits per heavy atom. The average molecular weight is 625 g/mol. The number of nitrogens with zero attached hydrogens (tertiary/aromatic N) is 3. The number of halogens is 2. The van der Waals surface area contributed by atoms with E-state index in [1.54, 1.807) is 32.9 Å². The van der Waals surface area contributed by atoms with Crippen LogP contribution in [0.15, 0.2) is 35.5 Å². The van der Waals surface area contributed by atoms with E-state index in [-0.39, 0.29) is 23.0 Å². The summed E-state index contributed by atoms with van der Waals surface area (Å²) in [6, 6.07) is 4.95. The Labute approximate surface area is 249 Å². The summed E-state index contributed by atoms with van der Waals surface area (Å²) in [5.74, 6) is 0.196. The highest BCUT2D eigenvalue weighted by Crippen LogP contribution is 2.42. The molecule has 42 heavy (non-hydrogen) atoms. The molecule has 1 saturated carbocycles. The number of hydrogen-bond acceptors (Lipinski definition) is 8. The highest BCUT2D eigenvalue weighted by atomic mass is 32.2.